The van der Waals surface area contributed by atoms with Gasteiger partial charge in [0.05, 0.1) is 25.2 Å². The van der Waals surface area contributed by atoms with Gasteiger partial charge in [-0.3, -0.25) is 19.3 Å². The molecule has 0 bridgehead atoms. The number of esters is 1. The average Bonchev–Trinajstić information content (AvgIpc) is 2.90. The van der Waals surface area contributed by atoms with E-state index in [1.165, 1.54) is 7.11 Å². The maximum atomic E-state index is 12.4. The lowest BCUT2D eigenvalue weighted by atomic mass is 10.2. The molecule has 2 amide bonds. The Labute approximate surface area is 161 Å². The summed E-state index contributed by atoms with van der Waals surface area (Å²) in [5.74, 6) is -0.120. The molecule has 1 saturated heterocycles. The second kappa shape index (κ2) is 9.98. The molecule has 1 aromatic rings. The maximum absolute atomic E-state index is 12.4. The third-order valence-electron chi connectivity index (χ3n) is 3.50. The van der Waals surface area contributed by atoms with Gasteiger partial charge < -0.3 is 18.9 Å². The highest BCUT2D eigenvalue weighted by atomic mass is 32.2. The zero-order valence-corrected chi connectivity index (χ0v) is 16.2. The maximum Gasteiger partial charge on any atom is 0.326 e. The summed E-state index contributed by atoms with van der Waals surface area (Å²) in [6, 6.07) is 5.15. The SMILES string of the molecule is CCOC(=O)CN1C(=O)S/C(=C\c2ccc(OCCOC)c(OC)c2)C1=O. The Balaban J connectivity index is 2.14. The number of nitrogens with zero attached hydrogens (tertiary/aromatic N) is 1. The fraction of sp³-hybridized carbons (Fsp3) is 0.389. The van der Waals surface area contributed by atoms with Crippen LogP contribution in [-0.2, 0) is 19.1 Å². The van der Waals surface area contributed by atoms with E-state index in [-0.39, 0.29) is 11.5 Å². The van der Waals surface area contributed by atoms with Crippen molar-refractivity contribution in [2.45, 2.75) is 6.92 Å². The Morgan fingerprint density at radius 2 is 1.96 bits per heavy atom. The number of carbonyl (C=O) groups excluding carboxylic acids is 3. The minimum absolute atomic E-state index is 0.184. The predicted octanol–water partition coefficient (Wildman–Crippen LogP) is 2.32. The average molecular weight is 395 g/mol. The van der Waals surface area contributed by atoms with Crippen molar-refractivity contribution in [2.24, 2.45) is 0 Å². The van der Waals surface area contributed by atoms with Gasteiger partial charge in [0, 0.05) is 7.11 Å². The van der Waals surface area contributed by atoms with Crippen molar-refractivity contribution in [3.63, 3.8) is 0 Å². The van der Waals surface area contributed by atoms with E-state index in [0.717, 1.165) is 16.7 Å². The highest BCUT2D eigenvalue weighted by molar-refractivity contribution is 8.18. The van der Waals surface area contributed by atoms with Crippen molar-refractivity contribution < 1.29 is 33.3 Å². The molecule has 0 radical (unpaired) electrons. The third kappa shape index (κ3) is 5.48. The first-order chi connectivity index (χ1) is 13.0. The van der Waals surface area contributed by atoms with E-state index >= 15 is 0 Å². The molecule has 8 nitrogen and oxygen atoms in total. The number of hydrogen-bond donors (Lipinski definition) is 0. The summed E-state index contributed by atoms with van der Waals surface area (Å²) in [6.45, 7) is 2.26. The Kier molecular flexibility index (Phi) is 7.68. The molecule has 1 aliphatic rings. The van der Waals surface area contributed by atoms with Gasteiger partial charge in [-0.25, -0.2) is 0 Å². The summed E-state index contributed by atoms with van der Waals surface area (Å²) in [5.41, 5.74) is 0.660. The molecule has 27 heavy (non-hydrogen) atoms. The number of ether oxygens (including phenoxy) is 4. The predicted molar refractivity (Wildman–Crippen MR) is 99.7 cm³/mol. The van der Waals surface area contributed by atoms with Crippen LogP contribution in [0.25, 0.3) is 6.08 Å². The van der Waals surface area contributed by atoms with E-state index in [2.05, 4.69) is 0 Å². The molecule has 0 aromatic heterocycles. The second-order valence-corrected chi connectivity index (χ2v) is 6.32. The Hall–Kier alpha value is -2.52. The fourth-order valence-electron chi connectivity index (χ4n) is 2.25. The van der Waals surface area contributed by atoms with E-state index < -0.39 is 23.7 Å². The van der Waals surface area contributed by atoms with Gasteiger partial charge in [-0.15, -0.1) is 0 Å². The minimum atomic E-state index is -0.625. The molecule has 0 spiro atoms. The summed E-state index contributed by atoms with van der Waals surface area (Å²) < 4.78 is 20.6. The molecular formula is C18H21NO7S. The van der Waals surface area contributed by atoms with Crippen LogP contribution in [0, 0.1) is 0 Å². The number of imide groups is 1. The standard InChI is InChI=1S/C18H21NO7S/c1-4-25-16(20)11-19-17(21)15(27-18(19)22)10-12-5-6-13(14(9-12)24-3)26-8-7-23-2/h5-6,9-10H,4,7-8,11H2,1-3H3/b15-10-. The molecule has 9 heteroatoms. The third-order valence-corrected chi connectivity index (χ3v) is 4.40. The number of amides is 2. The number of hydrogen-bond acceptors (Lipinski definition) is 8. The summed E-state index contributed by atoms with van der Waals surface area (Å²) >= 11 is 0.773. The Bertz CT molecular complexity index is 747. The normalized spacial score (nSPS) is 15.4. The number of carbonyl (C=O) groups is 3. The number of rotatable bonds is 9. The van der Waals surface area contributed by atoms with Crippen molar-refractivity contribution in [1.82, 2.24) is 4.90 Å². The number of benzene rings is 1. The lowest BCUT2D eigenvalue weighted by Gasteiger charge is -2.11. The van der Waals surface area contributed by atoms with Crippen LogP contribution in [0.3, 0.4) is 0 Å². The van der Waals surface area contributed by atoms with Crippen LogP contribution in [0.5, 0.6) is 11.5 Å². The molecule has 2 rings (SSSR count). The van der Waals surface area contributed by atoms with Crippen molar-refractivity contribution in [3.8, 4) is 11.5 Å². The van der Waals surface area contributed by atoms with Crippen molar-refractivity contribution in [3.05, 3.63) is 28.7 Å². The zero-order valence-electron chi connectivity index (χ0n) is 15.4. The van der Waals surface area contributed by atoms with Gasteiger partial charge in [-0.05, 0) is 42.5 Å². The minimum Gasteiger partial charge on any atom is -0.493 e. The van der Waals surface area contributed by atoms with Crippen LogP contribution in [-0.4, -0.2) is 62.6 Å². The molecule has 0 atom stereocenters. The van der Waals surface area contributed by atoms with E-state index in [1.54, 1.807) is 38.3 Å². The van der Waals surface area contributed by atoms with Crippen LogP contribution in [0.4, 0.5) is 4.79 Å². The monoisotopic (exact) mass is 395 g/mol. The van der Waals surface area contributed by atoms with Gasteiger partial charge in [0.25, 0.3) is 11.1 Å². The van der Waals surface area contributed by atoms with Crippen LogP contribution in [0.1, 0.15) is 12.5 Å². The smallest absolute Gasteiger partial charge is 0.326 e. The summed E-state index contributed by atoms with van der Waals surface area (Å²) in [6.07, 6.45) is 1.57. The van der Waals surface area contributed by atoms with Gasteiger partial charge in [0.15, 0.2) is 11.5 Å². The van der Waals surface area contributed by atoms with Gasteiger partial charge in [0.2, 0.25) is 0 Å². The molecule has 0 aliphatic carbocycles. The lowest BCUT2D eigenvalue weighted by Crippen LogP contribution is -2.34. The molecule has 0 N–H and O–H groups in total. The first-order valence-corrected chi connectivity index (χ1v) is 9.02. The molecule has 0 saturated carbocycles. The molecular weight excluding hydrogens is 374 g/mol. The zero-order chi connectivity index (χ0) is 19.8. The summed E-state index contributed by atoms with van der Waals surface area (Å²) in [4.78, 5) is 37.0. The Morgan fingerprint density at radius 3 is 2.63 bits per heavy atom. The highest BCUT2D eigenvalue weighted by Crippen LogP contribution is 2.34. The number of thioether (sulfide) groups is 1. The Morgan fingerprint density at radius 1 is 1.19 bits per heavy atom. The van der Waals surface area contributed by atoms with Gasteiger partial charge in [-0.1, -0.05) is 6.07 Å². The quantitative estimate of drug-likeness (QED) is 0.357. The van der Waals surface area contributed by atoms with Crippen molar-refractivity contribution >= 4 is 35.0 Å². The molecule has 146 valence electrons. The first kappa shape index (κ1) is 20.8. The molecule has 1 aromatic carbocycles. The topological polar surface area (TPSA) is 91.4 Å². The number of methoxy groups -OCH3 is 2. The van der Waals surface area contributed by atoms with E-state index in [1.807, 2.05) is 0 Å². The molecule has 1 aliphatic heterocycles. The van der Waals surface area contributed by atoms with Gasteiger partial charge in [0.1, 0.15) is 13.2 Å². The van der Waals surface area contributed by atoms with Gasteiger partial charge in [-0.2, -0.15) is 0 Å². The summed E-state index contributed by atoms with van der Waals surface area (Å²) in [7, 11) is 3.09. The molecule has 0 unspecified atom stereocenters. The van der Waals surface area contributed by atoms with E-state index in [9.17, 15) is 14.4 Å². The van der Waals surface area contributed by atoms with Crippen LogP contribution in [0.2, 0.25) is 0 Å². The molecule has 1 heterocycles. The highest BCUT2D eigenvalue weighted by Gasteiger charge is 2.36. The van der Waals surface area contributed by atoms with E-state index in [0.29, 0.717) is 30.3 Å². The summed E-state index contributed by atoms with van der Waals surface area (Å²) in [5, 5.41) is -0.509. The largest absolute Gasteiger partial charge is 0.493 e. The van der Waals surface area contributed by atoms with Crippen LogP contribution < -0.4 is 9.47 Å². The molecule has 1 fully saturated rings. The van der Waals surface area contributed by atoms with Crippen LogP contribution >= 0.6 is 11.8 Å². The van der Waals surface area contributed by atoms with E-state index in [4.69, 9.17) is 18.9 Å². The van der Waals surface area contributed by atoms with Crippen molar-refractivity contribution in [1.29, 1.82) is 0 Å². The second-order valence-electron chi connectivity index (χ2n) is 5.32. The lowest BCUT2D eigenvalue weighted by molar-refractivity contribution is -0.145. The van der Waals surface area contributed by atoms with Crippen molar-refractivity contribution in [2.75, 3.05) is 40.6 Å². The van der Waals surface area contributed by atoms with Crippen LogP contribution in [0.15, 0.2) is 23.1 Å². The first-order valence-electron chi connectivity index (χ1n) is 8.21. The van der Waals surface area contributed by atoms with Gasteiger partial charge >= 0.3 is 5.97 Å². The fourth-order valence-corrected chi connectivity index (χ4v) is 3.09.